The first-order valence-electron chi connectivity index (χ1n) is 4.43. The number of amides is 1. The molecule has 0 saturated heterocycles. The first-order chi connectivity index (χ1) is 6.99. The topological polar surface area (TPSA) is 49.3 Å². The van der Waals surface area contributed by atoms with E-state index in [1.807, 2.05) is 13.8 Å². The normalized spacial score (nSPS) is 9.53. The van der Waals surface area contributed by atoms with Gasteiger partial charge in [0, 0.05) is 11.8 Å². The number of benzene rings is 1. The van der Waals surface area contributed by atoms with E-state index < -0.39 is 0 Å². The highest BCUT2D eigenvalue weighted by Crippen LogP contribution is 2.25. The number of aromatic hydroxyl groups is 1. The Hall–Kier alpha value is -1.48. The number of allylic oxidation sites excluding steroid dienone is 1. The third-order valence-electron chi connectivity index (χ3n) is 1.63. The molecule has 0 saturated carbocycles. The van der Waals surface area contributed by atoms with Crippen LogP contribution in [0.1, 0.15) is 13.8 Å². The molecular formula is C11H12ClNO2. The first-order valence-corrected chi connectivity index (χ1v) is 4.81. The van der Waals surface area contributed by atoms with Crippen LogP contribution in [0.3, 0.4) is 0 Å². The van der Waals surface area contributed by atoms with E-state index in [1.165, 1.54) is 18.2 Å². The van der Waals surface area contributed by atoms with Gasteiger partial charge in [0.05, 0.1) is 5.02 Å². The summed E-state index contributed by atoms with van der Waals surface area (Å²) in [6, 6.07) is 4.51. The van der Waals surface area contributed by atoms with Crippen LogP contribution in [-0.4, -0.2) is 11.0 Å². The Bertz CT molecular complexity index is 409. The molecule has 0 unspecified atom stereocenters. The maximum atomic E-state index is 11.3. The van der Waals surface area contributed by atoms with Gasteiger partial charge in [-0.15, -0.1) is 0 Å². The summed E-state index contributed by atoms with van der Waals surface area (Å²) in [6.45, 7) is 3.67. The van der Waals surface area contributed by atoms with E-state index >= 15 is 0 Å². The summed E-state index contributed by atoms with van der Waals surface area (Å²) in [4.78, 5) is 11.3. The van der Waals surface area contributed by atoms with Crippen LogP contribution in [0.15, 0.2) is 29.8 Å². The zero-order valence-electron chi connectivity index (χ0n) is 8.54. The second-order valence-corrected chi connectivity index (χ2v) is 3.78. The lowest BCUT2D eigenvalue weighted by molar-refractivity contribution is -0.111. The molecule has 80 valence electrons. The fourth-order valence-electron chi connectivity index (χ4n) is 1.03. The van der Waals surface area contributed by atoms with Gasteiger partial charge in [-0.25, -0.2) is 0 Å². The number of phenolic OH excluding ortho intramolecular Hbond substituents is 1. The summed E-state index contributed by atoms with van der Waals surface area (Å²) < 4.78 is 0. The van der Waals surface area contributed by atoms with E-state index in [9.17, 15) is 4.79 Å². The van der Waals surface area contributed by atoms with Gasteiger partial charge in [-0.2, -0.15) is 0 Å². The molecule has 15 heavy (non-hydrogen) atoms. The van der Waals surface area contributed by atoms with Crippen molar-refractivity contribution in [2.45, 2.75) is 13.8 Å². The van der Waals surface area contributed by atoms with Crippen molar-refractivity contribution in [2.24, 2.45) is 0 Å². The summed E-state index contributed by atoms with van der Waals surface area (Å²) in [5.74, 6) is -0.214. The molecule has 0 radical (unpaired) electrons. The lowest BCUT2D eigenvalue weighted by Crippen LogP contribution is -2.08. The summed E-state index contributed by atoms with van der Waals surface area (Å²) in [5.41, 5.74) is 1.47. The van der Waals surface area contributed by atoms with Crippen LogP contribution >= 0.6 is 11.6 Å². The second kappa shape index (κ2) is 4.84. The van der Waals surface area contributed by atoms with Gasteiger partial charge in [0.15, 0.2) is 0 Å². The molecule has 4 heteroatoms. The zero-order valence-corrected chi connectivity index (χ0v) is 9.30. The molecule has 0 bridgehead atoms. The molecule has 0 fully saturated rings. The number of halogens is 1. The number of nitrogens with one attached hydrogen (secondary N) is 1. The van der Waals surface area contributed by atoms with Crippen LogP contribution in [0.2, 0.25) is 5.02 Å². The van der Waals surface area contributed by atoms with Crippen molar-refractivity contribution in [3.63, 3.8) is 0 Å². The predicted octanol–water partition coefficient (Wildman–Crippen LogP) is 2.95. The second-order valence-electron chi connectivity index (χ2n) is 3.38. The Kier molecular flexibility index (Phi) is 3.74. The highest BCUT2D eigenvalue weighted by atomic mass is 35.5. The molecule has 3 nitrogen and oxygen atoms in total. The van der Waals surface area contributed by atoms with Crippen molar-refractivity contribution >= 4 is 23.2 Å². The summed E-state index contributed by atoms with van der Waals surface area (Å²) in [5, 5.41) is 12.0. The molecule has 0 aliphatic rings. The fourth-order valence-corrected chi connectivity index (χ4v) is 1.21. The Morgan fingerprint density at radius 1 is 1.47 bits per heavy atom. The van der Waals surface area contributed by atoms with Gasteiger partial charge in [-0.05, 0) is 32.0 Å². The predicted molar refractivity (Wildman–Crippen MR) is 61.2 cm³/mol. The Morgan fingerprint density at radius 3 is 2.67 bits per heavy atom. The number of carbonyl (C=O) groups is 1. The molecule has 1 aromatic rings. The van der Waals surface area contributed by atoms with Gasteiger partial charge in [0.2, 0.25) is 5.91 Å². The molecule has 1 aromatic carbocycles. The van der Waals surface area contributed by atoms with Crippen molar-refractivity contribution in [2.75, 3.05) is 5.32 Å². The van der Waals surface area contributed by atoms with Crippen molar-refractivity contribution < 1.29 is 9.90 Å². The minimum atomic E-state index is -0.211. The highest BCUT2D eigenvalue weighted by molar-refractivity contribution is 6.32. The van der Waals surface area contributed by atoms with Crippen LogP contribution in [0.5, 0.6) is 5.75 Å². The van der Waals surface area contributed by atoms with E-state index in [0.717, 1.165) is 5.57 Å². The zero-order chi connectivity index (χ0) is 11.4. The van der Waals surface area contributed by atoms with Crippen molar-refractivity contribution in [1.82, 2.24) is 0 Å². The van der Waals surface area contributed by atoms with Gasteiger partial charge in [0.1, 0.15) is 5.75 Å². The lowest BCUT2D eigenvalue weighted by Gasteiger charge is -2.03. The van der Waals surface area contributed by atoms with Gasteiger partial charge in [0.25, 0.3) is 0 Å². The Morgan fingerprint density at radius 2 is 2.13 bits per heavy atom. The molecule has 0 aliphatic carbocycles. The molecule has 1 amide bonds. The quantitative estimate of drug-likeness (QED) is 0.601. The van der Waals surface area contributed by atoms with Crippen molar-refractivity contribution in [3.05, 3.63) is 34.9 Å². The van der Waals surface area contributed by atoms with E-state index in [2.05, 4.69) is 5.32 Å². The van der Waals surface area contributed by atoms with Crippen LogP contribution in [0, 0.1) is 0 Å². The van der Waals surface area contributed by atoms with E-state index in [1.54, 1.807) is 6.07 Å². The summed E-state index contributed by atoms with van der Waals surface area (Å²) in [7, 11) is 0. The highest BCUT2D eigenvalue weighted by Gasteiger charge is 2.02. The monoisotopic (exact) mass is 225 g/mol. The number of rotatable bonds is 2. The lowest BCUT2D eigenvalue weighted by atomic mass is 10.3. The largest absolute Gasteiger partial charge is 0.506 e. The van der Waals surface area contributed by atoms with Crippen LogP contribution in [0.4, 0.5) is 5.69 Å². The van der Waals surface area contributed by atoms with Crippen molar-refractivity contribution in [1.29, 1.82) is 0 Å². The first kappa shape index (κ1) is 11.6. The molecule has 2 N–H and O–H groups in total. The number of hydrogen-bond acceptors (Lipinski definition) is 2. The minimum Gasteiger partial charge on any atom is -0.506 e. The van der Waals surface area contributed by atoms with Crippen molar-refractivity contribution in [3.8, 4) is 5.75 Å². The standard InChI is InChI=1S/C11H12ClNO2/c1-7(2)5-11(15)13-8-3-4-10(14)9(12)6-8/h3-6,14H,1-2H3,(H,13,15). The van der Waals surface area contributed by atoms with E-state index in [0.29, 0.717) is 5.69 Å². The van der Waals surface area contributed by atoms with Crippen LogP contribution in [-0.2, 0) is 4.79 Å². The molecule has 0 atom stereocenters. The average molecular weight is 226 g/mol. The van der Waals surface area contributed by atoms with Gasteiger partial charge >= 0.3 is 0 Å². The SMILES string of the molecule is CC(C)=CC(=O)Nc1ccc(O)c(Cl)c1. The molecule has 0 heterocycles. The molecule has 1 rings (SSSR count). The third-order valence-corrected chi connectivity index (χ3v) is 1.94. The molecule has 0 spiro atoms. The minimum absolute atomic E-state index is 0.00289. The molecule has 0 aromatic heterocycles. The van der Waals surface area contributed by atoms with E-state index in [4.69, 9.17) is 16.7 Å². The number of anilines is 1. The third kappa shape index (κ3) is 3.64. The van der Waals surface area contributed by atoms with Crippen LogP contribution in [0.25, 0.3) is 0 Å². The summed E-state index contributed by atoms with van der Waals surface area (Å²) >= 11 is 5.69. The number of hydrogen-bond donors (Lipinski definition) is 2. The van der Waals surface area contributed by atoms with Crippen LogP contribution < -0.4 is 5.32 Å². The number of phenols is 1. The maximum absolute atomic E-state index is 11.3. The molecule has 0 aliphatic heterocycles. The molecular weight excluding hydrogens is 214 g/mol. The van der Waals surface area contributed by atoms with E-state index in [-0.39, 0.29) is 16.7 Å². The Labute approximate surface area is 93.4 Å². The smallest absolute Gasteiger partial charge is 0.248 e. The number of carbonyl (C=O) groups excluding carboxylic acids is 1. The summed E-state index contributed by atoms with van der Waals surface area (Å²) in [6.07, 6.45) is 1.49. The van der Waals surface area contributed by atoms with Gasteiger partial charge in [-0.1, -0.05) is 17.2 Å². The average Bonchev–Trinajstić information content (AvgIpc) is 2.10. The fraction of sp³-hybridized carbons (Fsp3) is 0.182. The van der Waals surface area contributed by atoms with Gasteiger partial charge in [-0.3, -0.25) is 4.79 Å². The Balaban J connectivity index is 2.78. The maximum Gasteiger partial charge on any atom is 0.248 e. The van der Waals surface area contributed by atoms with Gasteiger partial charge < -0.3 is 10.4 Å².